The summed E-state index contributed by atoms with van der Waals surface area (Å²) >= 11 is 0. The number of nitrogens with one attached hydrogen (secondary N) is 1. The normalized spacial score (nSPS) is 11.9. The van der Waals surface area contributed by atoms with Gasteiger partial charge < -0.3 is 19.7 Å². The Kier molecular flexibility index (Phi) is 8.49. The van der Waals surface area contributed by atoms with Crippen molar-refractivity contribution in [1.29, 1.82) is 0 Å². The number of aryl methyl sites for hydroxylation is 3. The van der Waals surface area contributed by atoms with E-state index in [0.29, 0.717) is 43.6 Å². The fraction of sp³-hybridized carbons (Fsp3) is 0.333. The molecular weight excluding hydrogens is 496 g/mol. The molecule has 0 saturated heterocycles. The summed E-state index contributed by atoms with van der Waals surface area (Å²) in [5, 5.41) is 17.8. The second-order valence-corrected chi connectivity index (χ2v) is 9.79. The molecule has 2 heterocycles. The van der Waals surface area contributed by atoms with E-state index in [1.807, 2.05) is 53.7 Å². The first-order chi connectivity index (χ1) is 18.7. The van der Waals surface area contributed by atoms with E-state index in [1.165, 1.54) is 0 Å². The lowest BCUT2D eigenvalue weighted by Crippen LogP contribution is -2.24. The highest BCUT2D eigenvalue weighted by molar-refractivity contribution is 5.98. The zero-order chi connectivity index (χ0) is 28.1. The number of nitrogens with zero attached hydrogens (tertiary/aromatic N) is 3. The van der Waals surface area contributed by atoms with Crippen molar-refractivity contribution in [3.05, 3.63) is 82.8 Å². The van der Waals surface area contributed by atoms with Gasteiger partial charge in [-0.15, -0.1) is 0 Å². The SMILES string of the molecule is CCOC(=O)CCCc1ccc(Cn2cc(C)cn2)cc1NC(=O)C(C)n1cc(C)c2ccc(C(=O)O)cc21. The molecule has 4 rings (SSSR count). The number of fused-ring (bicyclic) bond motifs is 1. The van der Waals surface area contributed by atoms with Crippen molar-refractivity contribution in [2.75, 3.05) is 11.9 Å². The Labute approximate surface area is 227 Å². The van der Waals surface area contributed by atoms with E-state index in [9.17, 15) is 19.5 Å². The van der Waals surface area contributed by atoms with Crippen LogP contribution < -0.4 is 5.32 Å². The Morgan fingerprint density at radius 2 is 1.90 bits per heavy atom. The first-order valence-electron chi connectivity index (χ1n) is 13.1. The number of hydrogen-bond donors (Lipinski definition) is 2. The average molecular weight is 531 g/mol. The zero-order valence-corrected chi connectivity index (χ0v) is 22.7. The summed E-state index contributed by atoms with van der Waals surface area (Å²) in [6.45, 7) is 8.39. The fourth-order valence-corrected chi connectivity index (χ4v) is 4.70. The fourth-order valence-electron chi connectivity index (χ4n) is 4.70. The molecule has 204 valence electrons. The summed E-state index contributed by atoms with van der Waals surface area (Å²) in [6.07, 6.45) is 7.11. The largest absolute Gasteiger partial charge is 0.478 e. The third kappa shape index (κ3) is 6.54. The first-order valence-corrected chi connectivity index (χ1v) is 13.1. The summed E-state index contributed by atoms with van der Waals surface area (Å²) in [4.78, 5) is 36.9. The highest BCUT2D eigenvalue weighted by Crippen LogP contribution is 2.27. The number of carboxylic acid groups (broad SMARTS) is 1. The highest BCUT2D eigenvalue weighted by Gasteiger charge is 2.20. The highest BCUT2D eigenvalue weighted by atomic mass is 16.5. The third-order valence-electron chi connectivity index (χ3n) is 6.75. The van der Waals surface area contributed by atoms with Gasteiger partial charge in [-0.25, -0.2) is 4.79 Å². The van der Waals surface area contributed by atoms with E-state index in [2.05, 4.69) is 10.4 Å². The predicted octanol–water partition coefficient (Wildman–Crippen LogP) is 5.29. The van der Waals surface area contributed by atoms with Crippen LogP contribution in [0.3, 0.4) is 0 Å². The monoisotopic (exact) mass is 530 g/mol. The number of aromatic nitrogens is 3. The van der Waals surface area contributed by atoms with Crippen LogP contribution in [0.15, 0.2) is 55.0 Å². The van der Waals surface area contributed by atoms with Gasteiger partial charge in [0.2, 0.25) is 5.91 Å². The number of benzene rings is 2. The number of esters is 1. The van der Waals surface area contributed by atoms with Gasteiger partial charge in [0, 0.05) is 35.4 Å². The molecule has 2 aromatic heterocycles. The number of carbonyl (C=O) groups excluding carboxylic acids is 2. The van der Waals surface area contributed by atoms with Gasteiger partial charge in [0.05, 0.1) is 24.9 Å². The summed E-state index contributed by atoms with van der Waals surface area (Å²) < 4.78 is 8.70. The van der Waals surface area contributed by atoms with Gasteiger partial charge in [-0.3, -0.25) is 14.3 Å². The average Bonchev–Trinajstić information content (AvgIpc) is 3.46. The molecule has 2 N–H and O–H groups in total. The van der Waals surface area contributed by atoms with Gasteiger partial charge in [-0.1, -0.05) is 18.2 Å². The molecule has 0 aliphatic rings. The lowest BCUT2D eigenvalue weighted by Gasteiger charge is -2.18. The van der Waals surface area contributed by atoms with Gasteiger partial charge >= 0.3 is 11.9 Å². The van der Waals surface area contributed by atoms with E-state index in [1.54, 1.807) is 38.2 Å². The van der Waals surface area contributed by atoms with Crippen molar-refractivity contribution in [3.8, 4) is 0 Å². The smallest absolute Gasteiger partial charge is 0.335 e. The van der Waals surface area contributed by atoms with E-state index >= 15 is 0 Å². The maximum Gasteiger partial charge on any atom is 0.335 e. The molecule has 0 spiro atoms. The van der Waals surface area contributed by atoms with Crippen molar-refractivity contribution in [2.45, 2.75) is 59.5 Å². The van der Waals surface area contributed by atoms with Crippen molar-refractivity contribution in [2.24, 2.45) is 0 Å². The van der Waals surface area contributed by atoms with Crippen LogP contribution in [0.1, 0.15) is 65.3 Å². The molecule has 1 amide bonds. The zero-order valence-electron chi connectivity index (χ0n) is 22.7. The molecule has 39 heavy (non-hydrogen) atoms. The maximum absolute atomic E-state index is 13.5. The van der Waals surface area contributed by atoms with Gasteiger partial charge in [-0.05, 0) is 81.0 Å². The topological polar surface area (TPSA) is 115 Å². The van der Waals surface area contributed by atoms with Crippen LogP contribution >= 0.6 is 0 Å². The number of amides is 1. The number of ether oxygens (including phenoxy) is 1. The van der Waals surface area contributed by atoms with Crippen molar-refractivity contribution in [3.63, 3.8) is 0 Å². The molecular formula is C30H34N4O5. The van der Waals surface area contributed by atoms with Crippen LogP contribution in [-0.2, 0) is 27.3 Å². The van der Waals surface area contributed by atoms with Crippen molar-refractivity contribution < 1.29 is 24.2 Å². The second kappa shape index (κ2) is 12.0. The summed E-state index contributed by atoms with van der Waals surface area (Å²) in [6, 6.07) is 10.3. The number of hydrogen-bond acceptors (Lipinski definition) is 5. The van der Waals surface area contributed by atoms with E-state index in [-0.39, 0.29) is 17.4 Å². The summed E-state index contributed by atoms with van der Waals surface area (Å²) in [5.74, 6) is -1.49. The Morgan fingerprint density at radius 3 is 2.59 bits per heavy atom. The molecule has 0 aliphatic heterocycles. The van der Waals surface area contributed by atoms with Gasteiger partial charge in [-0.2, -0.15) is 5.10 Å². The lowest BCUT2D eigenvalue weighted by atomic mass is 10.0. The Morgan fingerprint density at radius 1 is 1.10 bits per heavy atom. The molecule has 0 fully saturated rings. The molecule has 0 aliphatic carbocycles. The number of anilines is 1. The van der Waals surface area contributed by atoms with Crippen LogP contribution in [0.5, 0.6) is 0 Å². The van der Waals surface area contributed by atoms with Gasteiger partial charge in [0.1, 0.15) is 6.04 Å². The molecule has 9 nitrogen and oxygen atoms in total. The van der Waals surface area contributed by atoms with Crippen molar-refractivity contribution in [1.82, 2.24) is 14.3 Å². The Hall–Kier alpha value is -4.40. The number of carboxylic acids is 1. The standard InChI is InChI=1S/C30H34N4O5/c1-5-39-28(35)8-6-7-23-10-9-22(18-33-16-19(2)15-31-33)13-26(23)32-29(36)21(4)34-17-20(3)25-12-11-24(30(37)38)14-27(25)34/h9-17,21H,5-8,18H2,1-4H3,(H,32,36)(H,37,38). The van der Waals surface area contributed by atoms with Crippen molar-refractivity contribution >= 4 is 34.4 Å². The molecule has 4 aromatic rings. The minimum absolute atomic E-state index is 0.167. The van der Waals surface area contributed by atoms with E-state index in [0.717, 1.165) is 27.6 Å². The predicted molar refractivity (Wildman–Crippen MR) is 149 cm³/mol. The number of carbonyl (C=O) groups is 3. The minimum Gasteiger partial charge on any atom is -0.478 e. The van der Waals surface area contributed by atoms with Crippen LogP contribution in [-0.4, -0.2) is 43.9 Å². The number of rotatable bonds is 11. The quantitative estimate of drug-likeness (QED) is 0.255. The van der Waals surface area contributed by atoms with Gasteiger partial charge in [0.15, 0.2) is 0 Å². The second-order valence-electron chi connectivity index (χ2n) is 9.79. The first kappa shape index (κ1) is 27.6. The Balaban J connectivity index is 1.60. The van der Waals surface area contributed by atoms with Crippen LogP contribution in [0.25, 0.3) is 10.9 Å². The molecule has 0 radical (unpaired) electrons. The summed E-state index contributed by atoms with van der Waals surface area (Å²) in [7, 11) is 0. The minimum atomic E-state index is -1.02. The molecule has 2 aromatic carbocycles. The Bertz CT molecular complexity index is 1520. The summed E-state index contributed by atoms with van der Waals surface area (Å²) in [5.41, 5.74) is 5.44. The van der Waals surface area contributed by atoms with E-state index in [4.69, 9.17) is 4.74 Å². The van der Waals surface area contributed by atoms with Crippen LogP contribution in [0.4, 0.5) is 5.69 Å². The third-order valence-corrected chi connectivity index (χ3v) is 6.75. The maximum atomic E-state index is 13.5. The lowest BCUT2D eigenvalue weighted by molar-refractivity contribution is -0.143. The molecule has 1 atom stereocenters. The van der Waals surface area contributed by atoms with Crippen LogP contribution in [0, 0.1) is 13.8 Å². The van der Waals surface area contributed by atoms with Crippen LogP contribution in [0.2, 0.25) is 0 Å². The van der Waals surface area contributed by atoms with E-state index < -0.39 is 12.0 Å². The molecule has 1 unspecified atom stereocenters. The molecule has 0 bridgehead atoms. The molecule has 9 heteroatoms. The van der Waals surface area contributed by atoms with Gasteiger partial charge in [0.25, 0.3) is 0 Å². The number of aromatic carboxylic acids is 1. The molecule has 0 saturated carbocycles.